The molecule has 0 bridgehead atoms. The van der Waals surface area contributed by atoms with E-state index in [0.29, 0.717) is 34.5 Å². The summed E-state index contributed by atoms with van der Waals surface area (Å²) in [5, 5.41) is 13.1. The molecule has 150 valence electrons. The van der Waals surface area contributed by atoms with Crippen LogP contribution in [0.15, 0.2) is 27.8 Å². The number of aliphatic hydroxyl groups excluding tert-OH is 1. The Hall–Kier alpha value is -2.29. The summed E-state index contributed by atoms with van der Waals surface area (Å²) in [5.74, 6) is 0.433. The second-order valence-corrected chi connectivity index (χ2v) is 7.27. The molecule has 8 nitrogen and oxygen atoms in total. The van der Waals surface area contributed by atoms with Gasteiger partial charge in [-0.3, -0.25) is 18.5 Å². The van der Waals surface area contributed by atoms with Crippen LogP contribution in [0.2, 0.25) is 10.0 Å². The zero-order valence-corrected chi connectivity index (χ0v) is 17.1. The number of hydrogen-bond donors (Lipinski definition) is 2. The van der Waals surface area contributed by atoms with Crippen molar-refractivity contribution >= 4 is 40.3 Å². The summed E-state index contributed by atoms with van der Waals surface area (Å²) < 4.78 is 4.06. The van der Waals surface area contributed by atoms with E-state index in [1.165, 1.54) is 11.6 Å². The fourth-order valence-electron chi connectivity index (χ4n) is 3.01. The molecule has 0 amide bonds. The molecular weight excluding hydrogens is 405 g/mol. The minimum atomic E-state index is -0.454. The van der Waals surface area contributed by atoms with Crippen molar-refractivity contribution in [1.82, 2.24) is 18.7 Å². The summed E-state index contributed by atoms with van der Waals surface area (Å²) in [7, 11) is 3.00. The zero-order chi connectivity index (χ0) is 20.4. The Morgan fingerprint density at radius 1 is 1.11 bits per heavy atom. The Kier molecular flexibility index (Phi) is 6.12. The van der Waals surface area contributed by atoms with Crippen molar-refractivity contribution in [3.63, 3.8) is 0 Å². The molecule has 0 unspecified atom stereocenters. The Morgan fingerprint density at radius 3 is 2.43 bits per heavy atom. The molecule has 10 heteroatoms. The number of aliphatic hydroxyl groups is 1. The first-order valence-electron chi connectivity index (χ1n) is 8.80. The number of aromatic nitrogens is 4. The van der Waals surface area contributed by atoms with E-state index in [9.17, 15) is 9.59 Å². The van der Waals surface area contributed by atoms with Crippen LogP contribution in [0, 0.1) is 0 Å². The highest BCUT2D eigenvalue weighted by Gasteiger charge is 2.20. The molecule has 3 aromatic rings. The average Bonchev–Trinajstić information content (AvgIpc) is 3.03. The molecule has 0 saturated carbocycles. The van der Waals surface area contributed by atoms with Gasteiger partial charge in [0.05, 0.1) is 6.54 Å². The van der Waals surface area contributed by atoms with Crippen molar-refractivity contribution in [2.75, 3.05) is 18.5 Å². The summed E-state index contributed by atoms with van der Waals surface area (Å²) >= 11 is 12.6. The predicted octanol–water partition coefficient (Wildman–Crippen LogP) is 1.97. The first-order valence-corrected chi connectivity index (χ1v) is 9.56. The molecule has 0 spiro atoms. The summed E-state index contributed by atoms with van der Waals surface area (Å²) in [4.78, 5) is 29.6. The van der Waals surface area contributed by atoms with Crippen LogP contribution in [0.25, 0.3) is 11.2 Å². The van der Waals surface area contributed by atoms with E-state index in [-0.39, 0.29) is 24.3 Å². The van der Waals surface area contributed by atoms with Crippen molar-refractivity contribution in [2.24, 2.45) is 14.1 Å². The summed E-state index contributed by atoms with van der Waals surface area (Å²) in [6.45, 7) is 0.863. The van der Waals surface area contributed by atoms with Gasteiger partial charge in [-0.05, 0) is 25.0 Å². The lowest BCUT2D eigenvalue weighted by atomic mass is 10.2. The standard InChI is InChI=1S/C18H21Cl2N5O3/c1-23-15-14(16(27)24(2)18(23)28)25(17(22-15)21-8-3-4-9-26)10-11-12(19)6-5-7-13(11)20/h5-7,26H,3-4,8-10H2,1-2H3,(H,21,22). The summed E-state index contributed by atoms with van der Waals surface area (Å²) in [6, 6.07) is 5.20. The van der Waals surface area contributed by atoms with Crippen LogP contribution in [-0.4, -0.2) is 36.9 Å². The van der Waals surface area contributed by atoms with Crippen molar-refractivity contribution in [1.29, 1.82) is 0 Å². The maximum Gasteiger partial charge on any atom is 0.332 e. The van der Waals surface area contributed by atoms with Crippen LogP contribution in [0.4, 0.5) is 5.95 Å². The van der Waals surface area contributed by atoms with Crippen molar-refractivity contribution in [2.45, 2.75) is 19.4 Å². The van der Waals surface area contributed by atoms with Crippen molar-refractivity contribution in [3.05, 3.63) is 54.6 Å². The highest BCUT2D eigenvalue weighted by Crippen LogP contribution is 2.27. The van der Waals surface area contributed by atoms with Crippen LogP contribution < -0.4 is 16.6 Å². The molecule has 1 aromatic carbocycles. The van der Waals surface area contributed by atoms with E-state index in [4.69, 9.17) is 28.3 Å². The van der Waals surface area contributed by atoms with Crippen LogP contribution in [0.3, 0.4) is 0 Å². The van der Waals surface area contributed by atoms with Crippen molar-refractivity contribution in [3.8, 4) is 0 Å². The quantitative estimate of drug-likeness (QED) is 0.564. The fraction of sp³-hybridized carbons (Fsp3) is 0.389. The maximum absolute atomic E-state index is 12.8. The van der Waals surface area contributed by atoms with Crippen LogP contribution in [-0.2, 0) is 20.6 Å². The third-order valence-corrected chi connectivity index (χ3v) is 5.30. The van der Waals surface area contributed by atoms with Crippen LogP contribution >= 0.6 is 23.2 Å². The highest BCUT2D eigenvalue weighted by atomic mass is 35.5. The zero-order valence-electron chi connectivity index (χ0n) is 15.6. The Balaban J connectivity index is 2.19. The molecule has 0 aliphatic heterocycles. The number of fused-ring (bicyclic) bond motifs is 1. The molecule has 3 rings (SSSR count). The number of hydrogen-bond acceptors (Lipinski definition) is 5. The molecule has 0 fully saturated rings. The second-order valence-electron chi connectivity index (χ2n) is 6.46. The second kappa shape index (κ2) is 8.38. The molecule has 2 aromatic heterocycles. The number of imidazole rings is 1. The molecule has 0 saturated heterocycles. The van der Waals surface area contributed by atoms with Gasteiger partial charge < -0.3 is 10.4 Å². The number of nitrogens with zero attached hydrogens (tertiary/aromatic N) is 4. The maximum atomic E-state index is 12.8. The van der Waals surface area contributed by atoms with Gasteiger partial charge in [-0.2, -0.15) is 4.98 Å². The number of aryl methyl sites for hydroxylation is 1. The van der Waals surface area contributed by atoms with E-state index in [1.54, 1.807) is 29.8 Å². The third kappa shape index (κ3) is 3.67. The molecule has 28 heavy (non-hydrogen) atoms. The largest absolute Gasteiger partial charge is 0.396 e. The molecule has 0 atom stereocenters. The third-order valence-electron chi connectivity index (χ3n) is 4.59. The van der Waals surface area contributed by atoms with Crippen LogP contribution in [0.5, 0.6) is 0 Å². The molecule has 2 N–H and O–H groups in total. The smallest absolute Gasteiger partial charge is 0.332 e. The van der Waals surface area contributed by atoms with Gasteiger partial charge in [-0.15, -0.1) is 0 Å². The molecule has 0 radical (unpaired) electrons. The SMILES string of the molecule is Cn1c(=O)c2c(nc(NCCCCO)n2Cc2c(Cl)cccc2Cl)n(C)c1=O. The van der Waals surface area contributed by atoms with Gasteiger partial charge in [0.15, 0.2) is 11.2 Å². The predicted molar refractivity (Wildman–Crippen MR) is 111 cm³/mol. The number of unbranched alkanes of at least 4 members (excludes halogenated alkanes) is 1. The van der Waals surface area contributed by atoms with E-state index < -0.39 is 11.2 Å². The average molecular weight is 426 g/mol. The lowest BCUT2D eigenvalue weighted by molar-refractivity contribution is 0.286. The number of benzene rings is 1. The first-order chi connectivity index (χ1) is 13.4. The Labute approximate surface area is 170 Å². The number of rotatable bonds is 7. The lowest BCUT2D eigenvalue weighted by Crippen LogP contribution is -2.37. The molecule has 0 aliphatic carbocycles. The minimum absolute atomic E-state index is 0.0996. The van der Waals surface area contributed by atoms with Crippen molar-refractivity contribution < 1.29 is 5.11 Å². The van der Waals surface area contributed by atoms with Gasteiger partial charge >= 0.3 is 5.69 Å². The van der Waals surface area contributed by atoms with Gasteiger partial charge in [0.2, 0.25) is 5.95 Å². The number of halogens is 2. The van der Waals surface area contributed by atoms with Gasteiger partial charge in [0.1, 0.15) is 0 Å². The number of nitrogens with one attached hydrogen (secondary N) is 1. The molecule has 2 heterocycles. The van der Waals surface area contributed by atoms with Gasteiger partial charge in [0, 0.05) is 42.9 Å². The van der Waals surface area contributed by atoms with E-state index >= 15 is 0 Å². The van der Waals surface area contributed by atoms with E-state index in [2.05, 4.69) is 10.3 Å². The van der Waals surface area contributed by atoms with Crippen LogP contribution in [0.1, 0.15) is 18.4 Å². The fourth-order valence-corrected chi connectivity index (χ4v) is 3.53. The van der Waals surface area contributed by atoms with E-state index in [1.807, 2.05) is 0 Å². The minimum Gasteiger partial charge on any atom is -0.396 e. The first kappa shape index (κ1) is 20.4. The summed E-state index contributed by atoms with van der Waals surface area (Å²) in [6.07, 6.45) is 1.37. The number of anilines is 1. The van der Waals surface area contributed by atoms with Gasteiger partial charge in [-0.1, -0.05) is 29.3 Å². The Bertz CT molecular complexity index is 1110. The highest BCUT2D eigenvalue weighted by molar-refractivity contribution is 6.36. The Morgan fingerprint density at radius 2 is 1.79 bits per heavy atom. The molecular formula is C18H21Cl2N5O3. The van der Waals surface area contributed by atoms with Gasteiger partial charge in [-0.25, -0.2) is 4.79 Å². The summed E-state index contributed by atoms with van der Waals surface area (Å²) in [5.41, 5.74) is 0.313. The normalized spacial score (nSPS) is 11.3. The monoisotopic (exact) mass is 425 g/mol. The lowest BCUT2D eigenvalue weighted by Gasteiger charge is -2.13. The van der Waals surface area contributed by atoms with Gasteiger partial charge in [0.25, 0.3) is 5.56 Å². The topological polar surface area (TPSA) is 94.1 Å². The van der Waals surface area contributed by atoms with E-state index in [0.717, 1.165) is 11.0 Å². The molecule has 0 aliphatic rings.